The Morgan fingerprint density at radius 1 is 0.293 bits per heavy atom. The van der Waals surface area contributed by atoms with E-state index in [-0.39, 0.29) is 14.5 Å². The second kappa shape index (κ2) is 11.3. The van der Waals surface area contributed by atoms with E-state index in [2.05, 4.69) is 201 Å². The molecule has 3 nitrogen and oxygen atoms in total. The molecule has 0 aliphatic carbocycles. The van der Waals surface area contributed by atoms with Crippen LogP contribution in [0.15, 0.2) is 188 Å². The summed E-state index contributed by atoms with van der Waals surface area (Å²) in [5.74, 6) is 0. The molecule has 0 fully saturated rings. The molecule has 0 aliphatic heterocycles. The number of aromatic nitrogens is 3. The molecule has 0 radical (unpaired) electrons. The first kappa shape index (κ1) is 31.0. The smallest absolute Gasteiger partial charge is 0.0602 e. The van der Waals surface area contributed by atoms with Crippen LogP contribution in [-0.2, 0) is 0 Å². The molecule has 0 unspecified atom stereocenters. The SMILES string of the molecule is c1ccc(-n2c3ccccc3c3cccc(-c4ccc5c6c4c4ccccc4n6c4ccc(-c6cccc7c6[se]c6ccccc67)c6c7ccccc7n5c64)c32)cc1. The van der Waals surface area contributed by atoms with Crippen LogP contribution in [0.5, 0.6) is 0 Å². The van der Waals surface area contributed by atoms with Crippen molar-refractivity contribution in [2.75, 3.05) is 0 Å². The third-order valence-electron chi connectivity index (χ3n) is 12.8. The first-order chi connectivity index (χ1) is 28.8. The van der Waals surface area contributed by atoms with Crippen LogP contribution in [0.4, 0.5) is 0 Å². The van der Waals surface area contributed by atoms with Crippen LogP contribution < -0.4 is 0 Å². The molecule has 0 N–H and O–H groups in total. The van der Waals surface area contributed by atoms with Crippen molar-refractivity contribution in [2.24, 2.45) is 0 Å². The van der Waals surface area contributed by atoms with Crippen molar-refractivity contribution >= 4 is 110 Å². The minimum Gasteiger partial charge on any atom is -0.0602 e. The summed E-state index contributed by atoms with van der Waals surface area (Å²) in [5, 5.41) is 10.5. The van der Waals surface area contributed by atoms with Gasteiger partial charge in [0.25, 0.3) is 0 Å². The average Bonchev–Trinajstić information content (AvgIpc) is 4.04. The van der Waals surface area contributed by atoms with Gasteiger partial charge in [0, 0.05) is 16.5 Å². The van der Waals surface area contributed by atoms with Gasteiger partial charge in [0.15, 0.2) is 0 Å². The second-order valence-corrected chi connectivity index (χ2v) is 17.8. The van der Waals surface area contributed by atoms with E-state index in [4.69, 9.17) is 0 Å². The molecular weight excluding hydrogens is 770 g/mol. The van der Waals surface area contributed by atoms with Crippen LogP contribution in [0.2, 0.25) is 0 Å². The molecule has 0 atom stereocenters. The zero-order valence-corrected chi connectivity index (χ0v) is 32.9. The Kier molecular flexibility index (Phi) is 6.03. The normalized spacial score (nSPS) is 12.5. The van der Waals surface area contributed by atoms with E-state index in [0.29, 0.717) is 0 Å². The molecule has 0 spiro atoms. The molecule has 0 saturated heterocycles. The summed E-state index contributed by atoms with van der Waals surface area (Å²) in [5.41, 5.74) is 16.2. The number of benzene rings is 9. The van der Waals surface area contributed by atoms with Gasteiger partial charge in [-0.15, -0.1) is 0 Å². The Labute approximate surface area is 337 Å². The van der Waals surface area contributed by atoms with E-state index in [0.717, 1.165) is 5.69 Å². The third kappa shape index (κ3) is 3.84. The van der Waals surface area contributed by atoms with Gasteiger partial charge in [0.2, 0.25) is 0 Å². The predicted octanol–water partition coefficient (Wildman–Crippen LogP) is 14.0. The molecule has 268 valence electrons. The van der Waals surface area contributed by atoms with Crippen LogP contribution in [0.3, 0.4) is 0 Å². The summed E-state index contributed by atoms with van der Waals surface area (Å²) in [7, 11) is 0. The van der Waals surface area contributed by atoms with Gasteiger partial charge in [-0.25, -0.2) is 0 Å². The Bertz CT molecular complexity index is 4030. The summed E-state index contributed by atoms with van der Waals surface area (Å²) in [6, 6.07) is 70.1. The maximum atomic E-state index is 2.57. The zero-order chi connectivity index (χ0) is 37.6. The van der Waals surface area contributed by atoms with Crippen LogP contribution >= 0.6 is 0 Å². The summed E-state index contributed by atoms with van der Waals surface area (Å²) < 4.78 is 10.6. The molecule has 0 amide bonds. The van der Waals surface area contributed by atoms with Gasteiger partial charge in [-0.2, -0.15) is 0 Å². The van der Waals surface area contributed by atoms with E-state index in [9.17, 15) is 0 Å². The van der Waals surface area contributed by atoms with E-state index in [1.165, 1.54) is 118 Å². The maximum absolute atomic E-state index is 2.57. The number of para-hydroxylation sites is 5. The molecular formula is C54H31N3Se. The quantitative estimate of drug-likeness (QED) is 0.125. The van der Waals surface area contributed by atoms with Gasteiger partial charge in [-0.05, 0) is 18.2 Å². The van der Waals surface area contributed by atoms with Crippen LogP contribution in [0, 0.1) is 0 Å². The van der Waals surface area contributed by atoms with Gasteiger partial charge in [0.1, 0.15) is 0 Å². The van der Waals surface area contributed by atoms with Crippen LogP contribution in [-0.4, -0.2) is 27.9 Å². The molecule has 14 aromatic rings. The second-order valence-electron chi connectivity index (χ2n) is 15.6. The summed E-state index contributed by atoms with van der Waals surface area (Å²) in [6.07, 6.45) is 0. The summed E-state index contributed by atoms with van der Waals surface area (Å²) in [6.45, 7) is 0. The third-order valence-corrected chi connectivity index (χ3v) is 15.3. The average molecular weight is 801 g/mol. The van der Waals surface area contributed by atoms with Gasteiger partial charge in [-0.1, -0.05) is 48.5 Å². The summed E-state index contributed by atoms with van der Waals surface area (Å²) in [4.78, 5) is 0. The Morgan fingerprint density at radius 2 is 0.810 bits per heavy atom. The Hall–Kier alpha value is -7.10. The standard InChI is InChI=1S/C54H31N3Se/c1-2-14-32(15-3-1)55-43-24-8-4-16-33(43)37-20-12-21-38(51(37)55)35-28-30-46-52-49(35)41-18-5-9-25-44(41)56(52)47-31-29-36(50-42-19-6-10-26-45(42)57(46)53(47)50)40-23-13-22-39-34-17-7-11-27-48(34)58-54(39)40/h1-31H. The van der Waals surface area contributed by atoms with E-state index < -0.39 is 0 Å². The molecule has 0 aliphatic rings. The van der Waals surface area contributed by atoms with Crippen LogP contribution in [0.25, 0.3) is 124 Å². The zero-order valence-electron chi connectivity index (χ0n) is 31.1. The number of rotatable bonds is 3. The fraction of sp³-hybridized carbons (Fsp3) is 0. The first-order valence-corrected chi connectivity index (χ1v) is 21.7. The number of hydrogen-bond acceptors (Lipinski definition) is 0. The molecule has 58 heavy (non-hydrogen) atoms. The van der Waals surface area contributed by atoms with Crippen molar-refractivity contribution in [3.63, 3.8) is 0 Å². The number of hydrogen-bond donors (Lipinski definition) is 0. The molecule has 14 rings (SSSR count). The topological polar surface area (TPSA) is 13.8 Å². The van der Waals surface area contributed by atoms with E-state index >= 15 is 0 Å². The predicted molar refractivity (Wildman–Crippen MR) is 247 cm³/mol. The molecule has 5 heterocycles. The van der Waals surface area contributed by atoms with Crippen molar-refractivity contribution in [3.05, 3.63) is 188 Å². The fourth-order valence-electron chi connectivity index (χ4n) is 10.5. The molecule has 5 aromatic heterocycles. The molecule has 0 saturated carbocycles. The van der Waals surface area contributed by atoms with E-state index in [1.807, 2.05) is 0 Å². The van der Waals surface area contributed by atoms with Crippen molar-refractivity contribution in [1.29, 1.82) is 0 Å². The summed E-state index contributed by atoms with van der Waals surface area (Å²) >= 11 is 0.240. The Balaban J connectivity index is 1.16. The molecule has 0 bridgehead atoms. The minimum absolute atomic E-state index is 0.240. The number of fused-ring (bicyclic) bond motifs is 14. The van der Waals surface area contributed by atoms with Crippen molar-refractivity contribution < 1.29 is 0 Å². The van der Waals surface area contributed by atoms with Crippen molar-refractivity contribution in [1.82, 2.24) is 13.4 Å². The van der Waals surface area contributed by atoms with Gasteiger partial charge in [-0.3, -0.25) is 0 Å². The Morgan fingerprint density at radius 3 is 1.50 bits per heavy atom. The minimum atomic E-state index is 0.240. The number of nitrogens with zero attached hydrogens (tertiary/aromatic N) is 3. The van der Waals surface area contributed by atoms with E-state index in [1.54, 1.807) is 0 Å². The van der Waals surface area contributed by atoms with Crippen molar-refractivity contribution in [2.45, 2.75) is 0 Å². The van der Waals surface area contributed by atoms with Gasteiger partial charge in [0.05, 0.1) is 5.52 Å². The fourth-order valence-corrected chi connectivity index (χ4v) is 13.1. The first-order valence-electron chi connectivity index (χ1n) is 20.0. The molecule has 9 aromatic carbocycles. The van der Waals surface area contributed by atoms with Gasteiger partial charge >= 0.3 is 246 Å². The van der Waals surface area contributed by atoms with Crippen molar-refractivity contribution in [3.8, 4) is 27.9 Å². The van der Waals surface area contributed by atoms with Crippen LogP contribution in [0.1, 0.15) is 0 Å². The molecule has 4 heteroatoms. The monoisotopic (exact) mass is 801 g/mol. The van der Waals surface area contributed by atoms with Gasteiger partial charge < -0.3 is 4.57 Å².